The average Bonchev–Trinajstić information content (AvgIpc) is 3.73. The van der Waals surface area contributed by atoms with Crippen molar-refractivity contribution in [2.75, 3.05) is 19.8 Å². The van der Waals surface area contributed by atoms with Gasteiger partial charge in [0, 0.05) is 31.1 Å². The van der Waals surface area contributed by atoms with Crippen LogP contribution in [0, 0.1) is 5.92 Å². The Bertz CT molecular complexity index is 2590. The van der Waals surface area contributed by atoms with Gasteiger partial charge in [0.25, 0.3) is 0 Å². The van der Waals surface area contributed by atoms with Crippen LogP contribution in [-0.2, 0) is 52.9 Å². The third-order valence-electron chi connectivity index (χ3n) is 13.9. The number of aliphatic hydroxyl groups is 5. The van der Waals surface area contributed by atoms with E-state index in [2.05, 4.69) is 50.1 Å². The smallest absolute Gasteiger partial charge is 0.410 e. The van der Waals surface area contributed by atoms with Crippen molar-refractivity contribution < 1.29 is 63.5 Å². The summed E-state index contributed by atoms with van der Waals surface area (Å²) in [6.45, 7) is -1.02. The van der Waals surface area contributed by atoms with Gasteiger partial charge >= 0.3 is 6.09 Å². The number of ether oxygens (including phenoxy) is 7. The van der Waals surface area contributed by atoms with Gasteiger partial charge in [-0.3, -0.25) is 4.90 Å². The number of amides is 1. The van der Waals surface area contributed by atoms with Crippen molar-refractivity contribution in [3.63, 3.8) is 0 Å². The number of aliphatic hydroxyl groups excluding tert-OH is 5. The van der Waals surface area contributed by atoms with Crippen LogP contribution in [0.2, 0.25) is 0 Å². The summed E-state index contributed by atoms with van der Waals surface area (Å²) < 4.78 is 43.2. The minimum atomic E-state index is -1.89. The molecule has 404 valence electrons. The quantitative estimate of drug-likeness (QED) is 0.0411. The molecule has 2 heterocycles. The van der Waals surface area contributed by atoms with Gasteiger partial charge in [0.1, 0.15) is 43.2 Å². The molecule has 3 aromatic carbocycles. The maximum Gasteiger partial charge on any atom is 0.410 e. The van der Waals surface area contributed by atoms with Crippen molar-refractivity contribution in [2.24, 2.45) is 31.5 Å². The average molecular weight is 1060 g/mol. The predicted octanol–water partition coefficient (Wildman–Crippen LogP) is 6.05. The fraction of sp³-hybridized carbons (Fsp3) is 0.596. The SMILES string of the molecule is [N-]=[N+]=NC[C@@H]1O[C@H](O[C@H]2[C@@H](O)[C@H](O[C@@H]3[C@@H](O)[C@H](N=[N+]=[N-])C[C@H](N=[N+]=[N-])[C@H]3O[C@H]3C[C@H]([C@@H](COCc4ccccc4)N(Cc4ccccc4)C(=O)OCc4ccccc4)CC[C@H]3N=[N+]=[N-])O[C@@H]2CO)[C@H](N=[N+]=[N-])[C@@H](O)[C@@H]1O. The van der Waals surface area contributed by atoms with Crippen LogP contribution in [-0.4, -0.2) is 160 Å². The molecule has 0 unspecified atom stereocenters. The van der Waals surface area contributed by atoms with Crippen molar-refractivity contribution in [3.05, 3.63) is 160 Å². The monoisotopic (exact) mass is 1050 g/mol. The summed E-state index contributed by atoms with van der Waals surface area (Å²) in [5.41, 5.74) is 49.9. The molecule has 0 bridgehead atoms. The molecule has 0 radical (unpaired) electrons. The van der Waals surface area contributed by atoms with Crippen LogP contribution in [0.15, 0.2) is 117 Å². The normalized spacial score (nSPS) is 32.4. The van der Waals surface area contributed by atoms with Gasteiger partial charge in [-0.15, -0.1) is 0 Å². The molecule has 76 heavy (non-hydrogen) atoms. The zero-order valence-corrected chi connectivity index (χ0v) is 40.8. The van der Waals surface area contributed by atoms with E-state index in [4.69, 9.17) is 38.7 Å². The minimum Gasteiger partial charge on any atom is -0.445 e. The number of carbonyl (C=O) groups is 1. The van der Waals surface area contributed by atoms with Crippen LogP contribution in [0.3, 0.4) is 0 Å². The van der Waals surface area contributed by atoms with E-state index >= 15 is 0 Å². The first-order valence-electron chi connectivity index (χ1n) is 24.4. The topological polar surface area (TPSA) is 430 Å². The van der Waals surface area contributed by atoms with Gasteiger partial charge in [0.2, 0.25) is 0 Å². The highest BCUT2D eigenvalue weighted by molar-refractivity contribution is 5.68. The zero-order chi connectivity index (χ0) is 54.0. The number of azide groups is 5. The maximum absolute atomic E-state index is 14.5. The summed E-state index contributed by atoms with van der Waals surface area (Å²) in [6.07, 6.45) is -19.5. The molecule has 7 rings (SSSR count). The lowest BCUT2D eigenvalue weighted by atomic mass is 9.78. The van der Waals surface area contributed by atoms with Crippen molar-refractivity contribution in [1.82, 2.24) is 4.90 Å². The second kappa shape index (κ2) is 28.3. The second-order valence-electron chi connectivity index (χ2n) is 18.5. The zero-order valence-electron chi connectivity index (χ0n) is 40.8. The van der Waals surface area contributed by atoms with E-state index < -0.39 is 129 Å². The standard InChI is InChI=1S/C47H58N16O13/c48-58-53-20-35-39(66)40(67)37(57-62-52)45(73-35)75-43-36(22-64)74-46(41(43)68)76-44-38(65)31(55-60-50)19-32(56-61-51)42(44)72-34-18-29(16-17-30(34)54-59-49)33(25-70-23-27-12-6-2-7-13-27)63(21-26-10-4-1-5-11-26)47(69)71-24-28-14-8-3-9-15-28/h1-15,29-46,64-68H,16-25H2/t29-,30-,31-,32+,33-,34+,35+,36-,37-,38+,39-,40-,41-,42-,43-,44-,45-,46+/m1/s1. The Labute approximate surface area is 433 Å². The molecular weight excluding hydrogens is 997 g/mol. The highest BCUT2D eigenvalue weighted by Crippen LogP contribution is 2.40. The van der Waals surface area contributed by atoms with Crippen molar-refractivity contribution in [3.8, 4) is 0 Å². The molecule has 3 aromatic rings. The molecule has 2 saturated carbocycles. The van der Waals surface area contributed by atoms with E-state index in [0.29, 0.717) is 6.42 Å². The second-order valence-corrected chi connectivity index (χ2v) is 18.5. The molecule has 18 atom stereocenters. The number of nitrogens with zero attached hydrogens (tertiary/aromatic N) is 16. The van der Waals surface area contributed by atoms with Gasteiger partial charge in [0.05, 0.1) is 81.1 Å². The van der Waals surface area contributed by atoms with Gasteiger partial charge in [-0.1, -0.05) is 117 Å². The summed E-state index contributed by atoms with van der Waals surface area (Å²) in [4.78, 5) is 30.4. The largest absolute Gasteiger partial charge is 0.445 e. The summed E-state index contributed by atoms with van der Waals surface area (Å²) >= 11 is 0. The predicted molar refractivity (Wildman–Crippen MR) is 263 cm³/mol. The summed E-state index contributed by atoms with van der Waals surface area (Å²) in [5.74, 6) is -0.453. The molecule has 0 aromatic heterocycles. The molecule has 5 N–H and O–H groups in total. The van der Waals surface area contributed by atoms with E-state index in [-0.39, 0.29) is 45.6 Å². The third kappa shape index (κ3) is 14.3. The Kier molecular flexibility index (Phi) is 21.1. The van der Waals surface area contributed by atoms with Gasteiger partial charge in [-0.05, 0) is 75.9 Å². The van der Waals surface area contributed by atoms with E-state index in [9.17, 15) is 52.5 Å². The van der Waals surface area contributed by atoms with Crippen LogP contribution < -0.4 is 0 Å². The molecule has 1 amide bonds. The summed E-state index contributed by atoms with van der Waals surface area (Å²) in [5, 5.41) is 74.4. The van der Waals surface area contributed by atoms with E-state index in [1.807, 2.05) is 91.0 Å². The Morgan fingerprint density at radius 3 is 1.84 bits per heavy atom. The molecule has 2 saturated heterocycles. The Hall–Kier alpha value is -6.96. The molecule has 29 nitrogen and oxygen atoms in total. The summed E-state index contributed by atoms with van der Waals surface area (Å²) in [7, 11) is 0. The fourth-order valence-corrected chi connectivity index (χ4v) is 10.1. The maximum atomic E-state index is 14.5. The van der Waals surface area contributed by atoms with E-state index in [0.717, 1.165) is 16.7 Å². The number of rotatable bonds is 23. The summed E-state index contributed by atoms with van der Waals surface area (Å²) in [6, 6.07) is 22.2. The van der Waals surface area contributed by atoms with Gasteiger partial charge in [-0.25, -0.2) is 4.79 Å². The highest BCUT2D eigenvalue weighted by Gasteiger charge is 2.55. The molecule has 0 spiro atoms. The molecule has 4 fully saturated rings. The van der Waals surface area contributed by atoms with Crippen molar-refractivity contribution in [1.29, 1.82) is 0 Å². The minimum absolute atomic E-state index is 0.0183. The van der Waals surface area contributed by atoms with Crippen molar-refractivity contribution >= 4 is 6.09 Å². The molecular formula is C47H58N16O13. The van der Waals surface area contributed by atoms with E-state index in [1.54, 1.807) is 4.90 Å². The first-order valence-corrected chi connectivity index (χ1v) is 24.4. The number of benzene rings is 3. The molecule has 2 aliphatic heterocycles. The van der Waals surface area contributed by atoms with Gasteiger partial charge in [-0.2, -0.15) is 0 Å². The Morgan fingerprint density at radius 1 is 0.618 bits per heavy atom. The van der Waals surface area contributed by atoms with Crippen molar-refractivity contribution in [2.45, 2.75) is 149 Å². The first kappa shape index (κ1) is 56.8. The van der Waals surface area contributed by atoms with Crippen LogP contribution in [0.1, 0.15) is 42.4 Å². The first-order chi connectivity index (χ1) is 37.0. The van der Waals surface area contributed by atoms with Crippen LogP contribution in [0.25, 0.3) is 52.2 Å². The van der Waals surface area contributed by atoms with Crippen LogP contribution in [0.5, 0.6) is 0 Å². The Balaban J connectivity index is 1.19. The number of hydrogen-bond donors (Lipinski definition) is 5. The van der Waals surface area contributed by atoms with E-state index in [1.165, 1.54) is 0 Å². The van der Waals surface area contributed by atoms with Crippen LogP contribution in [0.4, 0.5) is 4.79 Å². The molecule has 4 aliphatic rings. The van der Waals surface area contributed by atoms with Gasteiger partial charge in [0.15, 0.2) is 12.6 Å². The van der Waals surface area contributed by atoms with Crippen LogP contribution >= 0.6 is 0 Å². The number of carbonyl (C=O) groups excluding carboxylic acids is 1. The number of hydrogen-bond acceptors (Lipinski definition) is 18. The highest BCUT2D eigenvalue weighted by atomic mass is 16.8. The lowest BCUT2D eigenvalue weighted by Gasteiger charge is -2.47. The third-order valence-corrected chi connectivity index (χ3v) is 13.9. The van der Waals surface area contributed by atoms with Gasteiger partial charge < -0.3 is 58.7 Å². The molecule has 29 heteroatoms. The molecule has 2 aliphatic carbocycles. The lowest BCUT2D eigenvalue weighted by Crippen LogP contribution is -2.60. The Morgan fingerprint density at radius 2 is 1.21 bits per heavy atom. The lowest BCUT2D eigenvalue weighted by molar-refractivity contribution is -0.280. The fourth-order valence-electron chi connectivity index (χ4n) is 10.1.